The second-order valence-electron chi connectivity index (χ2n) is 7.59. The molecule has 0 amide bonds. The molecule has 0 N–H and O–H groups in total. The molecule has 0 fully saturated rings. The Morgan fingerprint density at radius 3 is 2.33 bits per heavy atom. The normalized spacial score (nSPS) is 20.4. The van der Waals surface area contributed by atoms with Gasteiger partial charge in [0.25, 0.3) is 0 Å². The van der Waals surface area contributed by atoms with E-state index < -0.39 is 7.60 Å². The fraction of sp³-hybridized carbons (Fsp3) is 0.364. The average molecular weight is 449 g/mol. The summed E-state index contributed by atoms with van der Waals surface area (Å²) in [5.74, 6) is 0.752. The molecule has 27 heavy (non-hydrogen) atoms. The first-order valence-electron chi connectivity index (χ1n) is 9.31. The van der Waals surface area contributed by atoms with Crippen LogP contribution in [0.15, 0.2) is 59.1 Å². The van der Waals surface area contributed by atoms with E-state index in [-0.39, 0.29) is 20.4 Å². The Labute approximate surface area is 168 Å². The van der Waals surface area contributed by atoms with E-state index in [1.807, 2.05) is 13.0 Å². The Bertz CT molecular complexity index is 851. The van der Waals surface area contributed by atoms with Gasteiger partial charge in [0.15, 0.2) is 0 Å². The van der Waals surface area contributed by atoms with Crippen molar-refractivity contribution in [3.63, 3.8) is 0 Å². The number of hydrogen-bond acceptors (Lipinski definition) is 3. The fourth-order valence-electron chi connectivity index (χ4n) is 2.94. The van der Waals surface area contributed by atoms with Crippen molar-refractivity contribution in [2.45, 2.75) is 39.5 Å². The van der Waals surface area contributed by atoms with Gasteiger partial charge in [0, 0.05) is 0 Å². The predicted octanol–water partition coefficient (Wildman–Crippen LogP) is 5.33. The van der Waals surface area contributed by atoms with Crippen molar-refractivity contribution in [2.24, 2.45) is 0 Å². The van der Waals surface area contributed by atoms with E-state index >= 15 is 0 Å². The van der Waals surface area contributed by atoms with Crippen LogP contribution in [-0.4, -0.2) is 27.7 Å². The minimum atomic E-state index is -3.07. The molecule has 2 aromatic carbocycles. The van der Waals surface area contributed by atoms with Crippen LogP contribution in [0.5, 0.6) is 0 Å². The third kappa shape index (κ3) is 5.15. The van der Waals surface area contributed by atoms with Crippen LogP contribution in [0.3, 0.4) is 0 Å². The van der Waals surface area contributed by atoms with Crippen LogP contribution in [-0.2, 0) is 19.0 Å². The first-order valence-corrected chi connectivity index (χ1v) is 12.7. The molecule has 1 unspecified atom stereocenters. The summed E-state index contributed by atoms with van der Waals surface area (Å²) < 4.78 is 27.0. The third-order valence-corrected chi connectivity index (χ3v) is 8.70. The van der Waals surface area contributed by atoms with Gasteiger partial charge >= 0.3 is 169 Å². The quantitative estimate of drug-likeness (QED) is 0.457. The zero-order valence-electron chi connectivity index (χ0n) is 16.4. The molecule has 0 aromatic heterocycles. The van der Waals surface area contributed by atoms with E-state index in [0.717, 1.165) is 17.7 Å². The van der Waals surface area contributed by atoms with Crippen molar-refractivity contribution in [3.05, 3.63) is 70.2 Å². The van der Waals surface area contributed by atoms with E-state index in [4.69, 9.17) is 9.05 Å². The topological polar surface area (TPSA) is 35.5 Å². The van der Waals surface area contributed by atoms with Gasteiger partial charge < -0.3 is 0 Å². The maximum absolute atomic E-state index is 13.0. The SMILES string of the molecule is CCOP1(=O)CCC([Se]c2ccccc2)=C(c2ccc(C(C)(C)C)cc2)O1. The molecule has 3 nitrogen and oxygen atoms in total. The molecule has 0 saturated heterocycles. The molecule has 0 saturated carbocycles. The Kier molecular flexibility index (Phi) is 6.33. The number of rotatable bonds is 5. The van der Waals surface area contributed by atoms with Gasteiger partial charge in [0.1, 0.15) is 0 Å². The Morgan fingerprint density at radius 1 is 1.07 bits per heavy atom. The molecule has 5 heteroatoms. The zero-order valence-corrected chi connectivity index (χ0v) is 19.0. The third-order valence-electron chi connectivity index (χ3n) is 4.42. The van der Waals surface area contributed by atoms with Crippen molar-refractivity contribution in [2.75, 3.05) is 12.8 Å². The van der Waals surface area contributed by atoms with E-state index in [0.29, 0.717) is 12.8 Å². The van der Waals surface area contributed by atoms with Gasteiger partial charge in [-0.25, -0.2) is 0 Å². The Balaban J connectivity index is 1.98. The Morgan fingerprint density at radius 2 is 1.74 bits per heavy atom. The van der Waals surface area contributed by atoms with E-state index in [2.05, 4.69) is 69.3 Å². The molecule has 0 radical (unpaired) electrons. The van der Waals surface area contributed by atoms with Gasteiger partial charge in [0.05, 0.1) is 0 Å². The summed E-state index contributed by atoms with van der Waals surface area (Å²) in [5.41, 5.74) is 2.35. The molecule has 1 atom stereocenters. The summed E-state index contributed by atoms with van der Waals surface area (Å²) in [6.07, 6.45) is 1.21. The van der Waals surface area contributed by atoms with Crippen LogP contribution >= 0.6 is 7.60 Å². The second kappa shape index (κ2) is 8.37. The monoisotopic (exact) mass is 450 g/mol. The summed E-state index contributed by atoms with van der Waals surface area (Å²) in [5, 5.41) is 0. The molecule has 1 aliphatic rings. The van der Waals surface area contributed by atoms with Gasteiger partial charge in [0.2, 0.25) is 0 Å². The van der Waals surface area contributed by atoms with Crippen molar-refractivity contribution in [1.29, 1.82) is 0 Å². The van der Waals surface area contributed by atoms with Crippen LogP contribution in [0.2, 0.25) is 0 Å². The van der Waals surface area contributed by atoms with E-state index in [1.165, 1.54) is 14.5 Å². The van der Waals surface area contributed by atoms with Crippen molar-refractivity contribution >= 4 is 32.8 Å². The summed E-state index contributed by atoms with van der Waals surface area (Å²) in [4.78, 5) is 0. The van der Waals surface area contributed by atoms with Crippen molar-refractivity contribution in [1.82, 2.24) is 0 Å². The standard InChI is InChI=1S/C22H27O3PSe/c1-5-24-26(23)16-15-20(27-19-9-7-6-8-10-19)21(25-26)17-11-13-18(14-12-17)22(2,3)4/h6-14H,5,15-16H2,1-4H3. The van der Waals surface area contributed by atoms with Gasteiger partial charge in [-0.1, -0.05) is 0 Å². The van der Waals surface area contributed by atoms with Crippen LogP contribution < -0.4 is 4.46 Å². The van der Waals surface area contributed by atoms with Crippen molar-refractivity contribution < 1.29 is 13.6 Å². The number of allylic oxidation sites excluding steroid dienone is 1. The summed E-state index contributed by atoms with van der Waals surface area (Å²) in [6.45, 7) is 8.85. The number of hydrogen-bond donors (Lipinski definition) is 0. The Hall–Kier alpha value is -1.31. The van der Waals surface area contributed by atoms with Gasteiger partial charge in [-0.2, -0.15) is 0 Å². The van der Waals surface area contributed by atoms with Crippen LogP contribution in [0.25, 0.3) is 5.76 Å². The van der Waals surface area contributed by atoms with Crippen LogP contribution in [0.4, 0.5) is 0 Å². The molecule has 0 spiro atoms. The molecule has 2 aromatic rings. The molecule has 0 aliphatic carbocycles. The van der Waals surface area contributed by atoms with E-state index in [1.54, 1.807) is 0 Å². The summed E-state index contributed by atoms with van der Waals surface area (Å²) in [7, 11) is -3.07. The molecular weight excluding hydrogens is 422 g/mol. The average Bonchev–Trinajstić information content (AvgIpc) is 2.64. The summed E-state index contributed by atoms with van der Waals surface area (Å²) in [6, 6.07) is 18.9. The minimum absolute atomic E-state index is 0.0950. The van der Waals surface area contributed by atoms with Crippen LogP contribution in [0.1, 0.15) is 45.2 Å². The molecule has 144 valence electrons. The first-order chi connectivity index (χ1) is 12.8. The number of benzene rings is 2. The van der Waals surface area contributed by atoms with Gasteiger partial charge in [-0.05, 0) is 0 Å². The van der Waals surface area contributed by atoms with E-state index in [9.17, 15) is 4.57 Å². The van der Waals surface area contributed by atoms with Gasteiger partial charge in [-0.15, -0.1) is 0 Å². The maximum atomic E-state index is 13.0. The molecule has 0 bridgehead atoms. The van der Waals surface area contributed by atoms with Crippen LogP contribution in [0, 0.1) is 0 Å². The summed E-state index contributed by atoms with van der Waals surface area (Å²) >= 11 is 0.136. The zero-order chi connectivity index (χ0) is 19.5. The first kappa shape index (κ1) is 20.4. The van der Waals surface area contributed by atoms with Crippen molar-refractivity contribution in [3.8, 4) is 0 Å². The molecule has 1 aliphatic heterocycles. The second-order valence-corrected chi connectivity index (χ2v) is 12.1. The van der Waals surface area contributed by atoms with Gasteiger partial charge in [-0.3, -0.25) is 0 Å². The molecular formula is C22H27O3PSe. The fourth-order valence-corrected chi connectivity index (χ4v) is 7.24. The molecule has 1 heterocycles. The predicted molar refractivity (Wildman–Crippen MR) is 114 cm³/mol. The molecule has 3 rings (SSSR count).